The number of nitrogens with zero attached hydrogens (tertiary/aromatic N) is 3. The van der Waals surface area contributed by atoms with Crippen LogP contribution < -0.4 is 0 Å². The second-order valence-corrected chi connectivity index (χ2v) is 12.6. The summed E-state index contributed by atoms with van der Waals surface area (Å²) in [5.41, 5.74) is 4.83. The van der Waals surface area contributed by atoms with Crippen molar-refractivity contribution in [2.75, 3.05) is 52.6 Å². The number of carbonyl (C=O) groups is 1. The smallest absolute Gasteiger partial charge is 0.338 e. The zero-order chi connectivity index (χ0) is 30.3. The van der Waals surface area contributed by atoms with Gasteiger partial charge in [0.2, 0.25) is 0 Å². The number of likely N-dealkylation sites (tertiary alicyclic amines) is 1. The van der Waals surface area contributed by atoms with Gasteiger partial charge in [0.25, 0.3) is 0 Å². The van der Waals surface area contributed by atoms with E-state index in [4.69, 9.17) is 4.74 Å². The van der Waals surface area contributed by atoms with Crippen LogP contribution in [-0.4, -0.2) is 73.0 Å². The molecule has 0 amide bonds. The number of rotatable bonds is 12. The summed E-state index contributed by atoms with van der Waals surface area (Å²) in [5, 5.41) is 1.11. The van der Waals surface area contributed by atoms with E-state index < -0.39 is 0 Å². The first kappa shape index (κ1) is 31.2. The first-order valence-corrected chi connectivity index (χ1v) is 16.2. The summed E-state index contributed by atoms with van der Waals surface area (Å²) in [7, 11) is 3.88. The zero-order valence-corrected chi connectivity index (χ0v) is 26.1. The lowest BCUT2D eigenvalue weighted by Crippen LogP contribution is -2.34. The topological polar surface area (TPSA) is 37.7 Å². The van der Waals surface area contributed by atoms with Crippen LogP contribution in [0.3, 0.4) is 0 Å². The Morgan fingerprint density at radius 3 is 2.35 bits per heavy atom. The molecule has 0 radical (unpaired) electrons. The Balaban J connectivity index is 1.28. The van der Waals surface area contributed by atoms with Crippen LogP contribution >= 0.6 is 11.8 Å². The van der Waals surface area contributed by atoms with Gasteiger partial charge in [-0.3, -0.25) is 0 Å². The highest BCUT2D eigenvalue weighted by Crippen LogP contribution is 2.40. The molecule has 0 bridgehead atoms. The summed E-state index contributed by atoms with van der Waals surface area (Å²) >= 11 is 1.78. The van der Waals surface area contributed by atoms with E-state index in [9.17, 15) is 13.6 Å². The van der Waals surface area contributed by atoms with E-state index in [-0.39, 0.29) is 17.6 Å². The fourth-order valence-electron chi connectivity index (χ4n) is 6.04. The molecule has 8 heteroatoms. The van der Waals surface area contributed by atoms with Crippen LogP contribution in [0.4, 0.5) is 8.78 Å². The first-order valence-electron chi connectivity index (χ1n) is 15.2. The van der Waals surface area contributed by atoms with E-state index in [1.54, 1.807) is 36.0 Å². The summed E-state index contributed by atoms with van der Waals surface area (Å²) in [4.78, 5) is 18.2. The molecule has 0 unspecified atom stereocenters. The summed E-state index contributed by atoms with van der Waals surface area (Å²) in [6.45, 7) is 6.30. The summed E-state index contributed by atoms with van der Waals surface area (Å²) in [6.07, 6.45) is 4.03. The van der Waals surface area contributed by atoms with Crippen LogP contribution in [-0.2, 0) is 11.2 Å². The zero-order valence-electron chi connectivity index (χ0n) is 25.3. The molecule has 1 aliphatic heterocycles. The van der Waals surface area contributed by atoms with Crippen molar-refractivity contribution in [1.82, 2.24) is 14.4 Å². The van der Waals surface area contributed by atoms with Crippen molar-refractivity contribution in [2.24, 2.45) is 0 Å². The third kappa shape index (κ3) is 7.66. The standard InChI is InChI=1S/C35H41F2N3O2S/c1-4-32-34(25-16-19-39(20-17-25)18-5-23-43-30-13-8-27(36)9-14-30)31-15-10-28(37)24-33(31)40(32)29-11-6-26(7-12-29)35(41)42-22-21-38(2)3/h6-15,24-25H,4-5,16-23H2,1-3H3. The van der Waals surface area contributed by atoms with Gasteiger partial charge in [-0.25, -0.2) is 13.6 Å². The normalized spacial score (nSPS) is 14.6. The number of fused-ring (bicyclic) bond motifs is 1. The first-order chi connectivity index (χ1) is 20.8. The molecule has 5 nitrogen and oxygen atoms in total. The van der Waals surface area contributed by atoms with Crippen molar-refractivity contribution < 1.29 is 18.3 Å². The molecule has 1 aliphatic rings. The highest BCUT2D eigenvalue weighted by Gasteiger charge is 2.27. The number of hydrogen-bond donors (Lipinski definition) is 0. The van der Waals surface area contributed by atoms with Crippen molar-refractivity contribution in [3.63, 3.8) is 0 Å². The highest BCUT2D eigenvalue weighted by atomic mass is 32.2. The molecule has 2 heterocycles. The lowest BCUT2D eigenvalue weighted by molar-refractivity contribution is 0.0482. The van der Waals surface area contributed by atoms with Gasteiger partial charge in [0, 0.05) is 28.2 Å². The molecule has 43 heavy (non-hydrogen) atoms. The van der Waals surface area contributed by atoms with Gasteiger partial charge >= 0.3 is 5.97 Å². The number of aromatic nitrogens is 1. The number of piperidine rings is 1. The predicted octanol–water partition coefficient (Wildman–Crippen LogP) is 7.55. The maximum absolute atomic E-state index is 14.6. The van der Waals surface area contributed by atoms with Gasteiger partial charge in [-0.1, -0.05) is 6.92 Å². The van der Waals surface area contributed by atoms with Crippen LogP contribution in [0.5, 0.6) is 0 Å². The van der Waals surface area contributed by atoms with Gasteiger partial charge in [-0.2, -0.15) is 0 Å². The molecule has 0 N–H and O–H groups in total. The monoisotopic (exact) mass is 605 g/mol. The van der Waals surface area contributed by atoms with Crippen molar-refractivity contribution in [2.45, 2.75) is 43.4 Å². The maximum Gasteiger partial charge on any atom is 0.338 e. The van der Waals surface area contributed by atoms with Gasteiger partial charge < -0.3 is 19.1 Å². The maximum atomic E-state index is 14.6. The molecular formula is C35H41F2N3O2S. The molecule has 1 fully saturated rings. The van der Waals surface area contributed by atoms with Crippen LogP contribution in [0, 0.1) is 11.6 Å². The Hall–Kier alpha value is -3.20. The molecule has 1 saturated heterocycles. The lowest BCUT2D eigenvalue weighted by Gasteiger charge is -2.32. The summed E-state index contributed by atoms with van der Waals surface area (Å²) in [6, 6.07) is 19.3. The number of benzene rings is 3. The van der Waals surface area contributed by atoms with Gasteiger partial charge in [-0.05, 0) is 143 Å². The fourth-order valence-corrected chi connectivity index (χ4v) is 6.88. The Labute approximate surface area is 257 Å². The number of ether oxygens (including phenoxy) is 1. The average Bonchev–Trinajstić information content (AvgIpc) is 3.33. The Morgan fingerprint density at radius 2 is 1.67 bits per heavy atom. The number of likely N-dealkylation sites (N-methyl/N-ethyl adjacent to an activating group) is 1. The van der Waals surface area contributed by atoms with E-state index in [0.717, 1.165) is 72.6 Å². The van der Waals surface area contributed by atoms with E-state index in [1.165, 1.54) is 23.4 Å². The highest BCUT2D eigenvalue weighted by molar-refractivity contribution is 7.99. The molecule has 5 rings (SSSR count). The van der Waals surface area contributed by atoms with E-state index in [1.807, 2.05) is 49.3 Å². The summed E-state index contributed by atoms with van der Waals surface area (Å²) < 4.78 is 35.3. The second kappa shape index (κ2) is 14.5. The molecule has 0 spiro atoms. The minimum atomic E-state index is -0.339. The van der Waals surface area contributed by atoms with Crippen LogP contribution in [0.25, 0.3) is 16.6 Å². The van der Waals surface area contributed by atoms with E-state index in [2.05, 4.69) is 16.4 Å². The van der Waals surface area contributed by atoms with E-state index in [0.29, 0.717) is 24.6 Å². The van der Waals surface area contributed by atoms with E-state index >= 15 is 0 Å². The van der Waals surface area contributed by atoms with Crippen molar-refractivity contribution in [1.29, 1.82) is 0 Å². The average molecular weight is 606 g/mol. The number of esters is 1. The molecule has 228 valence electrons. The SMILES string of the molecule is CCc1c(C2CCN(CCCSc3ccc(F)cc3)CC2)c2ccc(F)cc2n1-c1ccc(C(=O)OCCN(C)C)cc1. The summed E-state index contributed by atoms with van der Waals surface area (Å²) in [5.74, 6) is 0.624. The van der Waals surface area contributed by atoms with Crippen LogP contribution in [0.15, 0.2) is 71.6 Å². The predicted molar refractivity (Wildman–Crippen MR) is 172 cm³/mol. The van der Waals surface area contributed by atoms with Crippen LogP contribution in [0.1, 0.15) is 53.7 Å². The Bertz CT molecular complexity index is 1510. The minimum Gasteiger partial charge on any atom is -0.461 e. The molecule has 0 aliphatic carbocycles. The fraction of sp³-hybridized carbons (Fsp3) is 0.400. The molecule has 4 aromatic rings. The third-order valence-electron chi connectivity index (χ3n) is 8.24. The molecule has 3 aromatic carbocycles. The molecule has 0 saturated carbocycles. The number of halogens is 2. The van der Waals surface area contributed by atoms with Gasteiger partial charge in [0.15, 0.2) is 0 Å². The number of carbonyl (C=O) groups excluding carboxylic acids is 1. The third-order valence-corrected chi connectivity index (χ3v) is 9.33. The second-order valence-electron chi connectivity index (χ2n) is 11.5. The minimum absolute atomic E-state index is 0.196. The molecule has 0 atom stereocenters. The Morgan fingerprint density at radius 1 is 0.977 bits per heavy atom. The van der Waals surface area contributed by atoms with Gasteiger partial charge in [-0.15, -0.1) is 11.8 Å². The molecule has 1 aromatic heterocycles. The van der Waals surface area contributed by atoms with Crippen molar-refractivity contribution in [3.8, 4) is 5.69 Å². The molecular weight excluding hydrogens is 564 g/mol. The Kier molecular flexibility index (Phi) is 10.5. The quantitative estimate of drug-likeness (QED) is 0.0947. The van der Waals surface area contributed by atoms with Gasteiger partial charge in [0.1, 0.15) is 18.2 Å². The largest absolute Gasteiger partial charge is 0.461 e. The number of thioether (sulfide) groups is 1. The van der Waals surface area contributed by atoms with Crippen molar-refractivity contribution in [3.05, 3.63) is 95.2 Å². The lowest BCUT2D eigenvalue weighted by atomic mass is 9.87. The van der Waals surface area contributed by atoms with Crippen LogP contribution in [0.2, 0.25) is 0 Å². The number of hydrogen-bond acceptors (Lipinski definition) is 5. The van der Waals surface area contributed by atoms with Gasteiger partial charge in [0.05, 0.1) is 11.1 Å². The van der Waals surface area contributed by atoms with Crippen molar-refractivity contribution >= 4 is 28.6 Å².